The van der Waals surface area contributed by atoms with E-state index in [4.69, 9.17) is 0 Å². The monoisotopic (exact) mass is 382 g/mol. The molecular weight excluding hydrogens is 352 g/mol. The second kappa shape index (κ2) is 8.43. The van der Waals surface area contributed by atoms with Gasteiger partial charge in [0, 0.05) is 17.5 Å². The van der Waals surface area contributed by atoms with Crippen molar-refractivity contribution in [1.29, 1.82) is 0 Å². The molecule has 0 radical (unpaired) electrons. The third-order valence-electron chi connectivity index (χ3n) is 6.53. The summed E-state index contributed by atoms with van der Waals surface area (Å²) in [6, 6.07) is 7.33. The molecule has 4 rings (SSSR count). The first-order chi connectivity index (χ1) is 13.7. The number of fused-ring (bicyclic) bond motifs is 1. The zero-order chi connectivity index (χ0) is 19.4. The lowest BCUT2D eigenvalue weighted by atomic mass is 9.79. The molecule has 0 spiro atoms. The minimum atomic E-state index is -0.217. The van der Waals surface area contributed by atoms with E-state index < -0.39 is 0 Å². The Morgan fingerprint density at radius 1 is 1.04 bits per heavy atom. The highest BCUT2D eigenvalue weighted by Gasteiger charge is 2.38. The third kappa shape index (κ3) is 3.97. The van der Waals surface area contributed by atoms with Crippen LogP contribution in [0.15, 0.2) is 29.1 Å². The number of hydrogen-bond acceptors (Lipinski definition) is 4. The van der Waals surface area contributed by atoms with Gasteiger partial charge in [0.2, 0.25) is 5.91 Å². The Morgan fingerprint density at radius 3 is 2.46 bits per heavy atom. The minimum absolute atomic E-state index is 0.0216. The first-order valence-electron chi connectivity index (χ1n) is 10.7. The van der Waals surface area contributed by atoms with Crippen molar-refractivity contribution in [2.75, 3.05) is 19.6 Å². The van der Waals surface area contributed by atoms with Crippen molar-refractivity contribution in [3.63, 3.8) is 0 Å². The maximum atomic E-state index is 12.7. The van der Waals surface area contributed by atoms with Gasteiger partial charge in [-0.25, -0.2) is 5.10 Å². The average Bonchev–Trinajstić information content (AvgIpc) is 2.76. The Labute approximate surface area is 165 Å². The molecule has 0 unspecified atom stereocenters. The minimum Gasteiger partial charge on any atom is -0.354 e. The van der Waals surface area contributed by atoms with Crippen molar-refractivity contribution < 1.29 is 4.79 Å². The second-order valence-corrected chi connectivity index (χ2v) is 8.33. The van der Waals surface area contributed by atoms with Crippen LogP contribution >= 0.6 is 0 Å². The Hall–Kier alpha value is -2.21. The summed E-state index contributed by atoms with van der Waals surface area (Å²) in [7, 11) is 0. The van der Waals surface area contributed by atoms with E-state index >= 15 is 0 Å². The predicted octanol–water partition coefficient (Wildman–Crippen LogP) is 2.77. The summed E-state index contributed by atoms with van der Waals surface area (Å²) in [5.74, 6) is -0.0216. The fourth-order valence-corrected chi connectivity index (χ4v) is 4.97. The smallest absolute Gasteiger partial charge is 0.272 e. The highest BCUT2D eigenvalue weighted by molar-refractivity contribution is 5.88. The molecule has 1 aromatic heterocycles. The molecule has 2 fully saturated rings. The number of H-pyrrole nitrogens is 1. The molecule has 0 atom stereocenters. The molecule has 2 aliphatic rings. The molecule has 1 aliphatic carbocycles. The molecule has 2 heterocycles. The zero-order valence-electron chi connectivity index (χ0n) is 16.5. The van der Waals surface area contributed by atoms with Gasteiger partial charge in [0.05, 0.1) is 17.5 Å². The third-order valence-corrected chi connectivity index (χ3v) is 6.53. The Morgan fingerprint density at radius 2 is 1.71 bits per heavy atom. The molecule has 1 amide bonds. The number of aromatic nitrogens is 2. The van der Waals surface area contributed by atoms with Crippen LogP contribution in [0.3, 0.4) is 0 Å². The number of likely N-dealkylation sites (tertiary alicyclic amines) is 1. The second-order valence-electron chi connectivity index (χ2n) is 8.33. The van der Waals surface area contributed by atoms with E-state index in [9.17, 15) is 9.59 Å². The summed E-state index contributed by atoms with van der Waals surface area (Å²) < 4.78 is 0. The van der Waals surface area contributed by atoms with Crippen molar-refractivity contribution >= 4 is 16.7 Å². The first kappa shape index (κ1) is 19.1. The predicted molar refractivity (Wildman–Crippen MR) is 110 cm³/mol. The Balaban J connectivity index is 1.46. The number of benzene rings is 1. The fourth-order valence-electron chi connectivity index (χ4n) is 4.97. The van der Waals surface area contributed by atoms with Gasteiger partial charge >= 0.3 is 0 Å². The van der Waals surface area contributed by atoms with E-state index in [-0.39, 0.29) is 23.4 Å². The average molecular weight is 383 g/mol. The van der Waals surface area contributed by atoms with Gasteiger partial charge in [0.1, 0.15) is 0 Å². The van der Waals surface area contributed by atoms with Crippen LogP contribution in [0.1, 0.15) is 57.1 Å². The van der Waals surface area contributed by atoms with Gasteiger partial charge in [0.25, 0.3) is 5.56 Å². The number of hydrogen-bond donors (Lipinski definition) is 2. The number of nitrogens with zero attached hydrogens (tertiary/aromatic N) is 2. The summed E-state index contributed by atoms with van der Waals surface area (Å²) in [5.41, 5.74) is 0.531. The summed E-state index contributed by atoms with van der Waals surface area (Å²) in [5, 5.41) is 11.2. The van der Waals surface area contributed by atoms with Gasteiger partial charge in [-0.15, -0.1) is 0 Å². The number of aromatic amines is 1. The molecule has 2 aromatic rings. The number of piperidine rings is 1. The molecule has 6 heteroatoms. The van der Waals surface area contributed by atoms with Crippen LogP contribution in [0.4, 0.5) is 0 Å². The molecule has 0 bridgehead atoms. The van der Waals surface area contributed by atoms with Gasteiger partial charge in [-0.05, 0) is 44.8 Å². The van der Waals surface area contributed by atoms with Crippen LogP contribution in [0.5, 0.6) is 0 Å². The number of nitrogens with one attached hydrogen (secondary N) is 2. The SMILES string of the molecule is O=C(Cc1n[nH]c(=O)c2ccccc12)NCC1(N2CCCCC2)CCCCC1. The maximum Gasteiger partial charge on any atom is 0.272 e. The van der Waals surface area contributed by atoms with Gasteiger partial charge in [-0.3, -0.25) is 14.5 Å². The highest BCUT2D eigenvalue weighted by atomic mass is 16.1. The van der Waals surface area contributed by atoms with Crippen LogP contribution in [-0.2, 0) is 11.2 Å². The van der Waals surface area contributed by atoms with Crippen LogP contribution < -0.4 is 10.9 Å². The largest absolute Gasteiger partial charge is 0.354 e. The standard InChI is InChI=1S/C22H30N4O2/c27-20(15-19-17-9-3-4-10-18(17)21(28)25-24-19)23-16-22(11-5-1-6-12-22)26-13-7-2-8-14-26/h3-4,9-10H,1-2,5-8,11-16H2,(H,23,27)(H,25,28). The molecule has 28 heavy (non-hydrogen) atoms. The van der Waals surface area contributed by atoms with E-state index in [1.165, 1.54) is 51.4 Å². The number of carbonyl (C=O) groups is 1. The molecule has 1 aromatic carbocycles. The van der Waals surface area contributed by atoms with Crippen molar-refractivity contribution in [1.82, 2.24) is 20.4 Å². The molecule has 1 saturated heterocycles. The topological polar surface area (TPSA) is 78.1 Å². The van der Waals surface area contributed by atoms with E-state index in [2.05, 4.69) is 20.4 Å². The summed E-state index contributed by atoms with van der Waals surface area (Å²) in [6.07, 6.45) is 10.2. The quantitative estimate of drug-likeness (QED) is 0.834. The summed E-state index contributed by atoms with van der Waals surface area (Å²) in [4.78, 5) is 27.3. The van der Waals surface area contributed by atoms with Crippen LogP contribution in [0, 0.1) is 0 Å². The lowest BCUT2D eigenvalue weighted by molar-refractivity contribution is -0.121. The van der Waals surface area contributed by atoms with Crippen LogP contribution in [0.2, 0.25) is 0 Å². The summed E-state index contributed by atoms with van der Waals surface area (Å²) >= 11 is 0. The van der Waals surface area contributed by atoms with Crippen molar-refractivity contribution in [2.24, 2.45) is 0 Å². The van der Waals surface area contributed by atoms with Gasteiger partial charge in [-0.2, -0.15) is 5.10 Å². The van der Waals surface area contributed by atoms with Gasteiger partial charge in [0.15, 0.2) is 0 Å². The molecular formula is C22H30N4O2. The van der Waals surface area contributed by atoms with E-state index in [1.807, 2.05) is 18.2 Å². The van der Waals surface area contributed by atoms with Gasteiger partial charge in [-0.1, -0.05) is 43.9 Å². The number of amides is 1. The Kier molecular flexibility index (Phi) is 5.76. The van der Waals surface area contributed by atoms with Crippen molar-refractivity contribution in [2.45, 2.75) is 63.3 Å². The molecule has 6 nitrogen and oxygen atoms in total. The van der Waals surface area contributed by atoms with E-state index in [0.717, 1.165) is 18.5 Å². The lowest BCUT2D eigenvalue weighted by Crippen LogP contribution is -2.58. The lowest BCUT2D eigenvalue weighted by Gasteiger charge is -2.48. The van der Waals surface area contributed by atoms with E-state index in [0.29, 0.717) is 17.6 Å². The van der Waals surface area contributed by atoms with Crippen LogP contribution in [0.25, 0.3) is 10.8 Å². The molecule has 1 saturated carbocycles. The molecule has 1 aliphatic heterocycles. The van der Waals surface area contributed by atoms with Crippen LogP contribution in [-0.4, -0.2) is 46.2 Å². The normalized spacial score (nSPS) is 20.1. The first-order valence-corrected chi connectivity index (χ1v) is 10.7. The summed E-state index contributed by atoms with van der Waals surface area (Å²) in [6.45, 7) is 3.02. The van der Waals surface area contributed by atoms with E-state index in [1.54, 1.807) is 6.07 Å². The van der Waals surface area contributed by atoms with Crippen molar-refractivity contribution in [3.8, 4) is 0 Å². The van der Waals surface area contributed by atoms with Gasteiger partial charge < -0.3 is 5.32 Å². The Bertz CT molecular complexity index is 879. The fraction of sp³-hybridized carbons (Fsp3) is 0.591. The molecule has 2 N–H and O–H groups in total. The number of rotatable bonds is 5. The zero-order valence-corrected chi connectivity index (χ0v) is 16.5. The molecule has 150 valence electrons. The highest BCUT2D eigenvalue weighted by Crippen LogP contribution is 2.35. The maximum absolute atomic E-state index is 12.7. The van der Waals surface area contributed by atoms with Crippen molar-refractivity contribution in [3.05, 3.63) is 40.3 Å². The number of carbonyl (C=O) groups excluding carboxylic acids is 1.